The van der Waals surface area contributed by atoms with Gasteiger partial charge in [0.1, 0.15) is 0 Å². The highest BCUT2D eigenvalue weighted by Crippen LogP contribution is 2.26. The lowest BCUT2D eigenvalue weighted by molar-refractivity contribution is 0.427. The average molecular weight is 370 g/mol. The number of sulfonamides is 1. The fourth-order valence-corrected chi connectivity index (χ4v) is 4.15. The Bertz CT molecular complexity index is 995. The van der Waals surface area contributed by atoms with E-state index in [1.165, 1.54) is 0 Å². The van der Waals surface area contributed by atoms with Crippen LogP contribution in [0.1, 0.15) is 29.7 Å². The van der Waals surface area contributed by atoms with Crippen LogP contribution in [-0.2, 0) is 10.0 Å². The van der Waals surface area contributed by atoms with Crippen molar-refractivity contribution in [2.75, 3.05) is 6.54 Å². The van der Waals surface area contributed by atoms with Crippen LogP contribution in [0.15, 0.2) is 64.0 Å². The monoisotopic (exact) mass is 370 g/mol. The Morgan fingerprint density at radius 3 is 2.46 bits per heavy atom. The summed E-state index contributed by atoms with van der Waals surface area (Å²) in [5, 5.41) is 3.86. The lowest BCUT2D eigenvalue weighted by Crippen LogP contribution is -2.28. The Morgan fingerprint density at radius 1 is 1.08 bits per heavy atom. The van der Waals surface area contributed by atoms with Gasteiger partial charge in [0.05, 0.1) is 10.6 Å². The smallest absolute Gasteiger partial charge is 0.240 e. The van der Waals surface area contributed by atoms with E-state index < -0.39 is 10.0 Å². The molecule has 0 aliphatic heterocycles. The van der Waals surface area contributed by atoms with Gasteiger partial charge in [0.25, 0.3) is 0 Å². The fourth-order valence-electron chi connectivity index (χ4n) is 2.75. The highest BCUT2D eigenvalue weighted by Gasteiger charge is 2.20. The molecule has 0 aliphatic carbocycles. The Labute approximate surface area is 154 Å². The van der Waals surface area contributed by atoms with E-state index in [1.807, 2.05) is 50.2 Å². The molecule has 1 heterocycles. The SMILES string of the molecule is Cc1cc(-c2ccc(C)c(S(=O)(=O)NC[C@@H](C)c3ccccc3)c2)on1. The summed E-state index contributed by atoms with van der Waals surface area (Å²) in [5.74, 6) is 0.628. The van der Waals surface area contributed by atoms with Crippen molar-refractivity contribution in [1.82, 2.24) is 9.88 Å². The molecular weight excluding hydrogens is 348 g/mol. The third kappa shape index (κ3) is 4.03. The highest BCUT2D eigenvalue weighted by molar-refractivity contribution is 7.89. The Hall–Kier alpha value is -2.44. The predicted octanol–water partition coefficient (Wildman–Crippen LogP) is 4.04. The normalized spacial score (nSPS) is 12.9. The van der Waals surface area contributed by atoms with Gasteiger partial charge in [0.2, 0.25) is 10.0 Å². The zero-order chi connectivity index (χ0) is 18.7. The van der Waals surface area contributed by atoms with Crippen LogP contribution < -0.4 is 4.72 Å². The molecule has 2 aromatic carbocycles. The van der Waals surface area contributed by atoms with Gasteiger partial charge in [-0.05, 0) is 37.0 Å². The fraction of sp³-hybridized carbons (Fsp3) is 0.250. The van der Waals surface area contributed by atoms with Gasteiger partial charge >= 0.3 is 0 Å². The molecule has 0 fully saturated rings. The zero-order valence-electron chi connectivity index (χ0n) is 15.1. The molecule has 1 atom stereocenters. The van der Waals surface area contributed by atoms with Crippen LogP contribution >= 0.6 is 0 Å². The van der Waals surface area contributed by atoms with Crippen LogP contribution in [0.25, 0.3) is 11.3 Å². The molecule has 0 saturated heterocycles. The molecule has 0 radical (unpaired) electrons. The minimum atomic E-state index is -3.63. The minimum Gasteiger partial charge on any atom is -0.356 e. The number of benzene rings is 2. The van der Waals surface area contributed by atoms with Gasteiger partial charge in [-0.2, -0.15) is 0 Å². The summed E-state index contributed by atoms with van der Waals surface area (Å²) < 4.78 is 33.6. The molecule has 6 heteroatoms. The van der Waals surface area contributed by atoms with Gasteiger partial charge in [0, 0.05) is 18.2 Å². The second-order valence-electron chi connectivity index (χ2n) is 6.48. The average Bonchev–Trinajstić information content (AvgIpc) is 3.07. The van der Waals surface area contributed by atoms with Crippen molar-refractivity contribution in [3.05, 3.63) is 71.4 Å². The summed E-state index contributed by atoms with van der Waals surface area (Å²) in [6.45, 7) is 5.94. The highest BCUT2D eigenvalue weighted by atomic mass is 32.2. The second kappa shape index (κ2) is 7.43. The van der Waals surface area contributed by atoms with Crippen LogP contribution in [-0.4, -0.2) is 20.1 Å². The second-order valence-corrected chi connectivity index (χ2v) is 8.21. The first-order chi connectivity index (χ1) is 12.4. The lowest BCUT2D eigenvalue weighted by Gasteiger charge is -2.15. The molecule has 0 saturated carbocycles. The number of aromatic nitrogens is 1. The van der Waals surface area contributed by atoms with E-state index in [-0.39, 0.29) is 10.8 Å². The molecule has 1 N–H and O–H groups in total. The van der Waals surface area contributed by atoms with E-state index in [0.29, 0.717) is 23.4 Å². The number of nitrogens with zero attached hydrogens (tertiary/aromatic N) is 1. The number of aryl methyl sites for hydroxylation is 2. The standard InChI is InChI=1S/C20H22N2O3S/c1-14-9-10-18(19-11-16(3)22-25-19)12-20(14)26(23,24)21-13-15(2)17-7-5-4-6-8-17/h4-12,15,21H,13H2,1-3H3/t15-/m1/s1. The quantitative estimate of drug-likeness (QED) is 0.711. The molecule has 0 aliphatic rings. The maximum atomic E-state index is 12.8. The summed E-state index contributed by atoms with van der Waals surface area (Å²) in [7, 11) is -3.63. The van der Waals surface area contributed by atoms with Crippen LogP contribution in [0.2, 0.25) is 0 Å². The van der Waals surface area contributed by atoms with Crippen LogP contribution in [0, 0.1) is 13.8 Å². The van der Waals surface area contributed by atoms with Crippen molar-refractivity contribution >= 4 is 10.0 Å². The van der Waals surface area contributed by atoms with Crippen molar-refractivity contribution in [2.24, 2.45) is 0 Å². The topological polar surface area (TPSA) is 72.2 Å². The molecular formula is C20H22N2O3S. The lowest BCUT2D eigenvalue weighted by atomic mass is 10.0. The predicted molar refractivity (Wildman–Crippen MR) is 101 cm³/mol. The molecule has 3 rings (SSSR count). The summed E-state index contributed by atoms with van der Waals surface area (Å²) in [5.41, 5.74) is 3.22. The van der Waals surface area contributed by atoms with Crippen LogP contribution in [0.5, 0.6) is 0 Å². The maximum Gasteiger partial charge on any atom is 0.240 e. The van der Waals surface area contributed by atoms with Crippen LogP contribution in [0.4, 0.5) is 0 Å². The molecule has 26 heavy (non-hydrogen) atoms. The molecule has 0 amide bonds. The van der Waals surface area contributed by atoms with Gasteiger partial charge in [-0.25, -0.2) is 13.1 Å². The Balaban J connectivity index is 1.82. The number of nitrogens with one attached hydrogen (secondary N) is 1. The number of hydrogen-bond donors (Lipinski definition) is 1. The molecule has 3 aromatic rings. The molecule has 5 nitrogen and oxygen atoms in total. The molecule has 0 spiro atoms. The van der Waals surface area contributed by atoms with E-state index in [1.54, 1.807) is 25.1 Å². The molecule has 136 valence electrons. The van der Waals surface area contributed by atoms with Gasteiger partial charge in [-0.15, -0.1) is 0 Å². The summed E-state index contributed by atoms with van der Waals surface area (Å²) >= 11 is 0. The van der Waals surface area contributed by atoms with Crippen molar-refractivity contribution in [1.29, 1.82) is 0 Å². The number of hydrogen-bond acceptors (Lipinski definition) is 4. The Kier molecular flexibility index (Phi) is 5.25. The van der Waals surface area contributed by atoms with Crippen molar-refractivity contribution in [3.63, 3.8) is 0 Å². The third-order valence-electron chi connectivity index (χ3n) is 4.34. The first-order valence-electron chi connectivity index (χ1n) is 8.46. The Morgan fingerprint density at radius 2 is 1.81 bits per heavy atom. The van der Waals surface area contributed by atoms with Crippen molar-refractivity contribution in [2.45, 2.75) is 31.6 Å². The van der Waals surface area contributed by atoms with E-state index in [9.17, 15) is 8.42 Å². The third-order valence-corrected chi connectivity index (χ3v) is 5.90. The first-order valence-corrected chi connectivity index (χ1v) is 9.94. The first kappa shape index (κ1) is 18.4. The van der Waals surface area contributed by atoms with Gasteiger partial charge in [0.15, 0.2) is 5.76 Å². The summed E-state index contributed by atoms with van der Waals surface area (Å²) in [6.07, 6.45) is 0. The molecule has 1 aromatic heterocycles. The van der Waals surface area contributed by atoms with Gasteiger partial charge < -0.3 is 4.52 Å². The van der Waals surface area contributed by atoms with Crippen LogP contribution in [0.3, 0.4) is 0 Å². The summed E-state index contributed by atoms with van der Waals surface area (Å²) in [4.78, 5) is 0.254. The summed E-state index contributed by atoms with van der Waals surface area (Å²) in [6, 6.07) is 16.9. The van der Waals surface area contributed by atoms with E-state index in [4.69, 9.17) is 4.52 Å². The van der Waals surface area contributed by atoms with Gasteiger partial charge in [-0.1, -0.05) is 54.5 Å². The van der Waals surface area contributed by atoms with E-state index in [2.05, 4.69) is 9.88 Å². The van der Waals surface area contributed by atoms with E-state index in [0.717, 1.165) is 11.3 Å². The number of rotatable bonds is 6. The van der Waals surface area contributed by atoms with Gasteiger partial charge in [-0.3, -0.25) is 0 Å². The maximum absolute atomic E-state index is 12.8. The van der Waals surface area contributed by atoms with E-state index >= 15 is 0 Å². The molecule has 0 bridgehead atoms. The minimum absolute atomic E-state index is 0.0754. The zero-order valence-corrected chi connectivity index (χ0v) is 15.9. The molecule has 0 unspecified atom stereocenters. The largest absolute Gasteiger partial charge is 0.356 e. The van der Waals surface area contributed by atoms with Crippen molar-refractivity contribution in [3.8, 4) is 11.3 Å². The van der Waals surface area contributed by atoms with Crippen molar-refractivity contribution < 1.29 is 12.9 Å².